The molecule has 2 aromatic carbocycles. The summed E-state index contributed by atoms with van der Waals surface area (Å²) in [5.74, 6) is 1.58. The third kappa shape index (κ3) is 5.19. The Bertz CT molecular complexity index is 1000. The van der Waals surface area contributed by atoms with Crippen LogP contribution in [0.1, 0.15) is 18.1 Å². The first-order valence-electron chi connectivity index (χ1n) is 9.41. The van der Waals surface area contributed by atoms with Gasteiger partial charge >= 0.3 is 0 Å². The molecule has 3 rings (SSSR count). The lowest BCUT2D eigenvalue weighted by atomic mass is 10.2. The molecular weight excluding hydrogens is 402 g/mol. The van der Waals surface area contributed by atoms with Gasteiger partial charge in [-0.05, 0) is 55.3 Å². The van der Waals surface area contributed by atoms with Crippen molar-refractivity contribution in [3.63, 3.8) is 0 Å². The van der Waals surface area contributed by atoms with Crippen molar-refractivity contribution in [3.8, 4) is 23.3 Å². The van der Waals surface area contributed by atoms with Crippen molar-refractivity contribution in [1.82, 2.24) is 5.32 Å². The van der Waals surface area contributed by atoms with Crippen LogP contribution in [-0.2, 0) is 4.79 Å². The second kappa shape index (κ2) is 9.94. The molecule has 2 aromatic rings. The quantitative estimate of drug-likeness (QED) is 0.620. The molecule has 156 valence electrons. The summed E-state index contributed by atoms with van der Waals surface area (Å²) >= 11 is 1.39. The predicted octanol–water partition coefficient (Wildman–Crippen LogP) is 3.90. The maximum absolute atomic E-state index is 12.5. The number of thioether (sulfide) groups is 1. The number of nitrogens with one attached hydrogen (secondary N) is 2. The highest BCUT2D eigenvalue weighted by Crippen LogP contribution is 2.35. The van der Waals surface area contributed by atoms with E-state index < -0.39 is 0 Å². The molecule has 0 radical (unpaired) electrons. The Morgan fingerprint density at radius 2 is 2.00 bits per heavy atom. The van der Waals surface area contributed by atoms with Gasteiger partial charge in [-0.1, -0.05) is 23.9 Å². The molecule has 30 heavy (non-hydrogen) atoms. The summed E-state index contributed by atoms with van der Waals surface area (Å²) in [5, 5.41) is 14.9. The average molecular weight is 426 g/mol. The number of hydrogen-bond donors (Lipinski definition) is 2. The Balaban J connectivity index is 1.77. The molecule has 0 saturated carbocycles. The molecule has 1 fully saturated rings. The summed E-state index contributed by atoms with van der Waals surface area (Å²) in [5.41, 5.74) is 2.39. The van der Waals surface area contributed by atoms with Crippen molar-refractivity contribution in [2.45, 2.75) is 19.3 Å². The molecule has 0 spiro atoms. The van der Waals surface area contributed by atoms with Crippen molar-refractivity contribution in [3.05, 3.63) is 52.4 Å². The first-order chi connectivity index (χ1) is 14.5. The number of nitrogens with zero attached hydrogens (tertiary/aromatic N) is 1. The molecule has 1 saturated heterocycles. The Morgan fingerprint density at radius 1 is 1.20 bits per heavy atom. The molecule has 0 aromatic heterocycles. The maximum atomic E-state index is 12.5. The number of hydrogen-bond acceptors (Lipinski definition) is 7. The summed E-state index contributed by atoms with van der Waals surface area (Å²) in [6, 6.07) is 13.1. The van der Waals surface area contributed by atoms with Crippen LogP contribution in [0.2, 0.25) is 0 Å². The zero-order valence-corrected chi connectivity index (χ0v) is 17.8. The third-order valence-electron chi connectivity index (χ3n) is 4.23. The van der Waals surface area contributed by atoms with E-state index in [1.165, 1.54) is 11.8 Å². The summed E-state index contributed by atoms with van der Waals surface area (Å²) in [6.45, 7) is 4.27. The van der Waals surface area contributed by atoms with Gasteiger partial charge in [0.05, 0.1) is 24.3 Å². The van der Waals surface area contributed by atoms with Crippen molar-refractivity contribution >= 4 is 29.4 Å². The number of methoxy groups -OCH3 is 1. The van der Waals surface area contributed by atoms with E-state index in [9.17, 15) is 4.79 Å². The minimum atomic E-state index is -0.316. The fraction of sp³-hybridized carbons (Fsp3) is 0.273. The zero-order chi connectivity index (χ0) is 21.5. The molecule has 0 aliphatic carbocycles. The minimum absolute atomic E-state index is 0.0610. The molecule has 1 amide bonds. The molecule has 8 heteroatoms. The zero-order valence-electron chi connectivity index (χ0n) is 17.0. The molecule has 1 unspecified atom stereocenters. The number of amides is 1. The van der Waals surface area contributed by atoms with Crippen LogP contribution in [0.25, 0.3) is 6.08 Å². The highest BCUT2D eigenvalue weighted by atomic mass is 32.2. The Labute approximate surface area is 180 Å². The minimum Gasteiger partial charge on any atom is -0.495 e. The van der Waals surface area contributed by atoms with E-state index in [2.05, 4.69) is 10.6 Å². The number of anilines is 1. The van der Waals surface area contributed by atoms with Crippen molar-refractivity contribution in [2.75, 3.05) is 25.6 Å². The SMILES string of the molecule is CCOc1cc(/C=C2\SC(Nc3cc(C)ccc3OC)NC2=O)ccc1OCC#N. The summed E-state index contributed by atoms with van der Waals surface area (Å²) in [4.78, 5) is 13.0. The van der Waals surface area contributed by atoms with E-state index in [4.69, 9.17) is 19.5 Å². The van der Waals surface area contributed by atoms with Crippen LogP contribution in [0.3, 0.4) is 0 Å². The Hall–Kier alpha value is -3.31. The molecular formula is C22H23N3O4S. The van der Waals surface area contributed by atoms with Crippen molar-refractivity contribution in [1.29, 1.82) is 5.26 Å². The Kier molecular flexibility index (Phi) is 7.09. The second-order valence-electron chi connectivity index (χ2n) is 6.41. The number of carbonyl (C=O) groups is 1. The van der Waals surface area contributed by atoms with Crippen LogP contribution in [0, 0.1) is 18.3 Å². The van der Waals surface area contributed by atoms with Gasteiger partial charge in [0.2, 0.25) is 0 Å². The fourth-order valence-corrected chi connectivity index (χ4v) is 3.88. The van der Waals surface area contributed by atoms with Gasteiger partial charge in [0, 0.05) is 0 Å². The van der Waals surface area contributed by atoms with Crippen LogP contribution in [0.5, 0.6) is 17.2 Å². The van der Waals surface area contributed by atoms with E-state index in [1.54, 1.807) is 25.3 Å². The smallest absolute Gasteiger partial charge is 0.260 e. The molecule has 7 nitrogen and oxygen atoms in total. The fourth-order valence-electron chi connectivity index (χ4n) is 2.90. The van der Waals surface area contributed by atoms with E-state index in [0.29, 0.717) is 28.8 Å². The first kappa shape index (κ1) is 21.4. The Morgan fingerprint density at radius 3 is 2.73 bits per heavy atom. The van der Waals surface area contributed by atoms with E-state index in [1.807, 2.05) is 44.2 Å². The summed E-state index contributed by atoms with van der Waals surface area (Å²) in [7, 11) is 1.61. The molecule has 2 N–H and O–H groups in total. The van der Waals surface area contributed by atoms with Crippen LogP contribution < -0.4 is 24.8 Å². The third-order valence-corrected chi connectivity index (χ3v) is 5.26. The highest BCUT2D eigenvalue weighted by Gasteiger charge is 2.28. The van der Waals surface area contributed by atoms with Gasteiger partial charge in [0.25, 0.3) is 5.91 Å². The maximum Gasteiger partial charge on any atom is 0.260 e. The lowest BCUT2D eigenvalue weighted by Gasteiger charge is -2.16. The molecule has 1 atom stereocenters. The predicted molar refractivity (Wildman–Crippen MR) is 118 cm³/mol. The van der Waals surface area contributed by atoms with Crippen LogP contribution in [-0.4, -0.2) is 31.7 Å². The molecule has 1 aliphatic rings. The van der Waals surface area contributed by atoms with E-state index in [-0.39, 0.29) is 18.0 Å². The van der Waals surface area contributed by atoms with Gasteiger partial charge in [0.15, 0.2) is 23.6 Å². The van der Waals surface area contributed by atoms with Gasteiger partial charge in [0.1, 0.15) is 11.8 Å². The largest absolute Gasteiger partial charge is 0.495 e. The molecule has 1 aliphatic heterocycles. The number of ether oxygens (including phenoxy) is 3. The van der Waals surface area contributed by atoms with Crippen LogP contribution >= 0.6 is 11.8 Å². The standard InChI is InChI=1S/C22H23N3O4S/c1-4-28-19-12-15(6-8-18(19)29-10-9-23)13-20-21(26)25-22(30-20)24-16-11-14(2)5-7-17(16)27-3/h5-8,11-13,22,24H,4,10H2,1-3H3,(H,25,26)/b20-13-. The first-order valence-corrected chi connectivity index (χ1v) is 10.3. The second-order valence-corrected chi connectivity index (χ2v) is 7.56. The summed E-state index contributed by atoms with van der Waals surface area (Å²) in [6.07, 6.45) is 1.80. The lowest BCUT2D eigenvalue weighted by molar-refractivity contribution is -0.116. The topological polar surface area (TPSA) is 92.6 Å². The van der Waals surface area contributed by atoms with Gasteiger partial charge in [-0.2, -0.15) is 5.26 Å². The number of aryl methyl sites for hydroxylation is 1. The molecule has 1 heterocycles. The monoisotopic (exact) mass is 425 g/mol. The van der Waals surface area contributed by atoms with E-state index in [0.717, 1.165) is 16.8 Å². The summed E-state index contributed by atoms with van der Waals surface area (Å²) < 4.78 is 16.4. The van der Waals surface area contributed by atoms with Gasteiger partial charge in [-0.25, -0.2) is 0 Å². The van der Waals surface area contributed by atoms with Crippen molar-refractivity contribution < 1.29 is 19.0 Å². The van der Waals surface area contributed by atoms with Crippen LogP contribution in [0.4, 0.5) is 5.69 Å². The highest BCUT2D eigenvalue weighted by molar-refractivity contribution is 8.05. The average Bonchev–Trinajstić information content (AvgIpc) is 3.06. The number of nitriles is 1. The normalized spacial score (nSPS) is 16.7. The van der Waals surface area contributed by atoms with Gasteiger partial charge in [-0.15, -0.1) is 0 Å². The lowest BCUT2D eigenvalue weighted by Crippen LogP contribution is -2.31. The number of carbonyl (C=O) groups excluding carboxylic acids is 1. The van der Waals surface area contributed by atoms with E-state index >= 15 is 0 Å². The number of rotatable bonds is 8. The van der Waals surface area contributed by atoms with Gasteiger partial charge in [-0.3, -0.25) is 4.79 Å². The van der Waals surface area contributed by atoms with Gasteiger partial charge < -0.3 is 24.8 Å². The van der Waals surface area contributed by atoms with Crippen molar-refractivity contribution in [2.24, 2.45) is 0 Å². The number of benzene rings is 2. The van der Waals surface area contributed by atoms with Crippen LogP contribution in [0.15, 0.2) is 41.3 Å². The molecule has 0 bridgehead atoms.